The van der Waals surface area contributed by atoms with Crippen molar-refractivity contribution in [1.82, 2.24) is 15.3 Å². The van der Waals surface area contributed by atoms with Crippen LogP contribution in [0, 0.1) is 0 Å². The maximum atomic E-state index is 11.3. The molecule has 1 aromatic carbocycles. The number of hydrogen-bond donors (Lipinski definition) is 3. The monoisotopic (exact) mass is 297 g/mol. The molecule has 0 bridgehead atoms. The summed E-state index contributed by atoms with van der Waals surface area (Å²) in [5, 5.41) is 3.18. The largest absolute Gasteiger partial charge is 0.316 e. The van der Waals surface area contributed by atoms with Crippen LogP contribution in [0.1, 0.15) is 12.5 Å². The van der Waals surface area contributed by atoms with E-state index in [1.165, 1.54) is 0 Å². The van der Waals surface area contributed by atoms with Gasteiger partial charge in [-0.15, -0.1) is 0 Å². The van der Waals surface area contributed by atoms with Gasteiger partial charge in [0.1, 0.15) is 0 Å². The lowest BCUT2D eigenvalue weighted by Crippen LogP contribution is -2.29. The van der Waals surface area contributed by atoms with Gasteiger partial charge in [-0.25, -0.2) is 0 Å². The second-order valence-electron chi connectivity index (χ2n) is 3.68. The van der Waals surface area contributed by atoms with Crippen molar-refractivity contribution in [1.29, 1.82) is 0 Å². The first kappa shape index (κ1) is 12.1. The molecule has 0 aliphatic carbocycles. The van der Waals surface area contributed by atoms with Gasteiger partial charge in [0.2, 0.25) is 0 Å². The van der Waals surface area contributed by atoms with Crippen molar-refractivity contribution in [2.45, 2.75) is 13.5 Å². The lowest BCUT2D eigenvalue weighted by Gasteiger charge is -2.07. The predicted octanol–water partition coefficient (Wildman–Crippen LogP) is 1.09. The molecule has 5 nitrogen and oxygen atoms in total. The number of halogens is 1. The van der Waals surface area contributed by atoms with E-state index in [1.807, 2.05) is 13.0 Å². The van der Waals surface area contributed by atoms with Crippen LogP contribution in [0.5, 0.6) is 0 Å². The number of nitrogens with one attached hydrogen (secondary N) is 3. The Labute approximate surface area is 105 Å². The zero-order chi connectivity index (χ0) is 12.4. The molecule has 1 aromatic heterocycles. The van der Waals surface area contributed by atoms with Crippen molar-refractivity contribution in [3.63, 3.8) is 0 Å². The molecule has 0 unspecified atom stereocenters. The third kappa shape index (κ3) is 2.48. The summed E-state index contributed by atoms with van der Waals surface area (Å²) in [7, 11) is 0. The van der Waals surface area contributed by atoms with Gasteiger partial charge in [0, 0.05) is 11.0 Å². The minimum Gasteiger partial charge on any atom is -0.316 e. The minimum atomic E-state index is -0.634. The van der Waals surface area contributed by atoms with E-state index in [4.69, 9.17) is 0 Å². The van der Waals surface area contributed by atoms with E-state index in [9.17, 15) is 9.59 Å². The lowest BCUT2D eigenvalue weighted by molar-refractivity contribution is 0.729. The molecule has 0 saturated heterocycles. The van der Waals surface area contributed by atoms with E-state index >= 15 is 0 Å². The fourth-order valence-electron chi connectivity index (χ4n) is 1.66. The van der Waals surface area contributed by atoms with Crippen LogP contribution in [0.3, 0.4) is 0 Å². The maximum Gasteiger partial charge on any atom is 0.314 e. The lowest BCUT2D eigenvalue weighted by atomic mass is 10.1. The molecule has 0 spiro atoms. The van der Waals surface area contributed by atoms with E-state index in [1.54, 1.807) is 6.07 Å². The number of hydrogen-bond acceptors (Lipinski definition) is 3. The van der Waals surface area contributed by atoms with Crippen LogP contribution < -0.4 is 16.4 Å². The Bertz CT molecular complexity index is 660. The van der Waals surface area contributed by atoms with Crippen molar-refractivity contribution in [3.8, 4) is 0 Å². The number of H-pyrrole nitrogens is 2. The Morgan fingerprint density at radius 3 is 2.65 bits per heavy atom. The van der Waals surface area contributed by atoms with Gasteiger partial charge in [0.25, 0.3) is 0 Å². The molecule has 0 atom stereocenters. The van der Waals surface area contributed by atoms with Crippen molar-refractivity contribution >= 4 is 27.0 Å². The first-order valence-electron chi connectivity index (χ1n) is 5.27. The summed E-state index contributed by atoms with van der Waals surface area (Å²) >= 11 is 3.38. The first-order valence-corrected chi connectivity index (χ1v) is 6.06. The second kappa shape index (κ2) is 4.85. The average molecular weight is 298 g/mol. The zero-order valence-electron chi connectivity index (χ0n) is 9.26. The van der Waals surface area contributed by atoms with Crippen molar-refractivity contribution in [2.24, 2.45) is 0 Å². The Kier molecular flexibility index (Phi) is 3.44. The molecular formula is C11H12BrN3O2. The van der Waals surface area contributed by atoms with Crippen molar-refractivity contribution in [2.75, 3.05) is 6.54 Å². The van der Waals surface area contributed by atoms with Gasteiger partial charge in [0.05, 0.1) is 11.0 Å². The van der Waals surface area contributed by atoms with Gasteiger partial charge in [-0.05, 0) is 24.2 Å². The van der Waals surface area contributed by atoms with E-state index in [0.717, 1.165) is 16.6 Å². The van der Waals surface area contributed by atoms with Crippen LogP contribution in [0.15, 0.2) is 26.2 Å². The smallest absolute Gasteiger partial charge is 0.314 e. The quantitative estimate of drug-likeness (QED) is 0.742. The molecule has 0 saturated carbocycles. The van der Waals surface area contributed by atoms with E-state index in [0.29, 0.717) is 17.6 Å². The standard InChI is InChI=1S/C11H12BrN3O2/c1-2-13-5-6-3-7(12)4-8-9(6)15-11(17)10(16)14-8/h3-4,13H,2,5H2,1H3,(H,14,16)(H,15,17). The number of aromatic amines is 2. The van der Waals surface area contributed by atoms with Crippen LogP contribution in [-0.4, -0.2) is 16.5 Å². The van der Waals surface area contributed by atoms with Gasteiger partial charge in [-0.2, -0.15) is 0 Å². The molecule has 17 heavy (non-hydrogen) atoms. The normalized spacial score (nSPS) is 10.9. The van der Waals surface area contributed by atoms with Crippen molar-refractivity contribution in [3.05, 3.63) is 42.9 Å². The number of fused-ring (bicyclic) bond motifs is 1. The number of benzene rings is 1. The molecule has 0 aliphatic rings. The molecule has 3 N–H and O–H groups in total. The highest BCUT2D eigenvalue weighted by molar-refractivity contribution is 9.10. The summed E-state index contributed by atoms with van der Waals surface area (Å²) in [5.41, 5.74) is 0.961. The topological polar surface area (TPSA) is 77.8 Å². The molecule has 90 valence electrons. The van der Waals surface area contributed by atoms with Gasteiger partial charge < -0.3 is 15.3 Å². The molecule has 0 fully saturated rings. The summed E-state index contributed by atoms with van der Waals surface area (Å²) in [6.07, 6.45) is 0. The maximum absolute atomic E-state index is 11.3. The molecule has 0 amide bonds. The third-order valence-corrected chi connectivity index (χ3v) is 2.90. The van der Waals surface area contributed by atoms with Crippen LogP contribution in [0.2, 0.25) is 0 Å². The highest BCUT2D eigenvalue weighted by Gasteiger charge is 2.06. The van der Waals surface area contributed by atoms with Crippen LogP contribution in [-0.2, 0) is 6.54 Å². The molecule has 0 aliphatic heterocycles. The van der Waals surface area contributed by atoms with E-state index in [-0.39, 0.29) is 0 Å². The van der Waals surface area contributed by atoms with Crippen LogP contribution >= 0.6 is 15.9 Å². The molecule has 2 aromatic rings. The summed E-state index contributed by atoms with van der Waals surface area (Å²) in [5.74, 6) is 0. The molecular weight excluding hydrogens is 286 g/mol. The molecule has 6 heteroatoms. The van der Waals surface area contributed by atoms with E-state index < -0.39 is 11.1 Å². The van der Waals surface area contributed by atoms with Gasteiger partial charge in [0.15, 0.2) is 0 Å². The van der Waals surface area contributed by atoms with Crippen molar-refractivity contribution < 1.29 is 0 Å². The minimum absolute atomic E-state index is 0.622. The fraction of sp³-hybridized carbons (Fsp3) is 0.273. The van der Waals surface area contributed by atoms with Gasteiger partial charge in [-0.1, -0.05) is 22.9 Å². The second-order valence-corrected chi connectivity index (χ2v) is 4.59. The SMILES string of the molecule is CCNCc1cc(Br)cc2[nH]c(=O)c(=O)[nH]c12. The Morgan fingerprint density at radius 2 is 1.94 bits per heavy atom. The highest BCUT2D eigenvalue weighted by Crippen LogP contribution is 2.19. The summed E-state index contributed by atoms with van der Waals surface area (Å²) in [6, 6.07) is 3.68. The summed E-state index contributed by atoms with van der Waals surface area (Å²) < 4.78 is 0.862. The summed E-state index contributed by atoms with van der Waals surface area (Å²) in [6.45, 7) is 3.47. The average Bonchev–Trinajstić information content (AvgIpc) is 2.28. The first-order chi connectivity index (χ1) is 8.11. The van der Waals surface area contributed by atoms with Gasteiger partial charge >= 0.3 is 11.1 Å². The zero-order valence-corrected chi connectivity index (χ0v) is 10.8. The Hall–Kier alpha value is -1.40. The van der Waals surface area contributed by atoms with Crippen LogP contribution in [0.4, 0.5) is 0 Å². The van der Waals surface area contributed by atoms with Gasteiger partial charge in [-0.3, -0.25) is 9.59 Å². The predicted molar refractivity (Wildman–Crippen MR) is 70.3 cm³/mol. The molecule has 1 heterocycles. The highest BCUT2D eigenvalue weighted by atomic mass is 79.9. The summed E-state index contributed by atoms with van der Waals surface area (Å²) in [4.78, 5) is 27.7. The third-order valence-electron chi connectivity index (χ3n) is 2.44. The molecule has 0 radical (unpaired) electrons. The number of rotatable bonds is 3. The molecule has 2 rings (SSSR count). The van der Waals surface area contributed by atoms with Crippen LogP contribution in [0.25, 0.3) is 11.0 Å². The Morgan fingerprint density at radius 1 is 1.24 bits per heavy atom. The Balaban J connectivity index is 2.69. The fourth-order valence-corrected chi connectivity index (χ4v) is 2.16. The van der Waals surface area contributed by atoms with E-state index in [2.05, 4.69) is 31.2 Å². The number of aromatic nitrogens is 2.